The predicted octanol–water partition coefficient (Wildman–Crippen LogP) is 1.04. The fourth-order valence-corrected chi connectivity index (χ4v) is 2.62. The van der Waals surface area contributed by atoms with Gasteiger partial charge in [-0.1, -0.05) is 12.1 Å². The molecular weight excluding hydrogens is 326 g/mol. The van der Waals surface area contributed by atoms with Gasteiger partial charge in [0, 0.05) is 24.7 Å². The molecule has 0 spiro atoms. The number of amides is 1. The smallest absolute Gasteiger partial charge is 0.251 e. The van der Waals surface area contributed by atoms with Gasteiger partial charge in [0.2, 0.25) is 10.0 Å². The highest BCUT2D eigenvalue weighted by Crippen LogP contribution is 2.11. The van der Waals surface area contributed by atoms with Gasteiger partial charge in [-0.25, -0.2) is 13.1 Å². The maximum Gasteiger partial charge on any atom is 0.251 e. The molecule has 1 rings (SSSR count). The lowest BCUT2D eigenvalue weighted by molar-refractivity contribution is 0.0952. The standard InChI is InChI=1S/C14H21N3O3S.ClH/c1-3-8-17-21(19,20)13-6-4-5-12(10-13)14(18)16-9-7-11(2)15;/h3-6,10-11,17H,1,7-9,15H2,2H3,(H,16,18);1H. The molecule has 4 N–H and O–H groups in total. The van der Waals surface area contributed by atoms with Crippen LogP contribution in [0.2, 0.25) is 0 Å². The van der Waals surface area contributed by atoms with Crippen LogP contribution in [0.25, 0.3) is 0 Å². The topological polar surface area (TPSA) is 101 Å². The second-order valence-electron chi connectivity index (χ2n) is 4.69. The van der Waals surface area contributed by atoms with Crippen LogP contribution in [0.1, 0.15) is 23.7 Å². The van der Waals surface area contributed by atoms with E-state index in [1.54, 1.807) is 6.07 Å². The molecule has 22 heavy (non-hydrogen) atoms. The Bertz CT molecular complexity index is 603. The molecule has 0 bridgehead atoms. The first-order valence-corrected chi connectivity index (χ1v) is 8.09. The van der Waals surface area contributed by atoms with Crippen LogP contribution in [0.15, 0.2) is 41.8 Å². The van der Waals surface area contributed by atoms with E-state index in [0.29, 0.717) is 18.5 Å². The number of hydrogen-bond acceptors (Lipinski definition) is 4. The lowest BCUT2D eigenvalue weighted by Crippen LogP contribution is -2.29. The third-order valence-corrected chi connectivity index (χ3v) is 4.13. The zero-order valence-corrected chi connectivity index (χ0v) is 14.0. The van der Waals surface area contributed by atoms with Crippen molar-refractivity contribution >= 4 is 28.3 Å². The van der Waals surface area contributed by atoms with E-state index in [4.69, 9.17) is 5.73 Å². The summed E-state index contributed by atoms with van der Waals surface area (Å²) in [7, 11) is -3.63. The van der Waals surface area contributed by atoms with E-state index in [9.17, 15) is 13.2 Å². The van der Waals surface area contributed by atoms with Gasteiger partial charge in [-0.15, -0.1) is 19.0 Å². The van der Waals surface area contributed by atoms with Crippen LogP contribution in [-0.2, 0) is 10.0 Å². The Balaban J connectivity index is 0.00000441. The Morgan fingerprint density at radius 1 is 1.45 bits per heavy atom. The summed E-state index contributed by atoms with van der Waals surface area (Å²) in [5, 5.41) is 2.70. The van der Waals surface area contributed by atoms with Crippen LogP contribution in [0, 0.1) is 0 Å². The molecule has 0 radical (unpaired) electrons. The van der Waals surface area contributed by atoms with Gasteiger partial charge >= 0.3 is 0 Å². The first-order valence-electron chi connectivity index (χ1n) is 6.61. The molecule has 0 aromatic heterocycles. The van der Waals surface area contributed by atoms with Crippen LogP contribution in [-0.4, -0.2) is 33.5 Å². The van der Waals surface area contributed by atoms with E-state index in [-0.39, 0.29) is 35.8 Å². The minimum atomic E-state index is -3.63. The largest absolute Gasteiger partial charge is 0.352 e. The maximum absolute atomic E-state index is 12.0. The summed E-state index contributed by atoms with van der Waals surface area (Å²) in [5.74, 6) is -0.323. The lowest BCUT2D eigenvalue weighted by atomic mass is 10.2. The predicted molar refractivity (Wildman–Crippen MR) is 89.7 cm³/mol. The van der Waals surface area contributed by atoms with E-state index < -0.39 is 10.0 Å². The van der Waals surface area contributed by atoms with Gasteiger partial charge in [-0.3, -0.25) is 4.79 Å². The van der Waals surface area contributed by atoms with E-state index in [1.807, 2.05) is 6.92 Å². The number of halogens is 1. The molecule has 1 aromatic carbocycles. The van der Waals surface area contributed by atoms with Gasteiger partial charge in [-0.2, -0.15) is 0 Å². The van der Waals surface area contributed by atoms with Gasteiger partial charge in [0.25, 0.3) is 5.91 Å². The Hall–Kier alpha value is -1.41. The molecule has 0 aliphatic carbocycles. The van der Waals surface area contributed by atoms with Crippen molar-refractivity contribution in [1.29, 1.82) is 0 Å². The molecule has 1 amide bonds. The van der Waals surface area contributed by atoms with Crippen LogP contribution in [0.4, 0.5) is 0 Å². The van der Waals surface area contributed by atoms with E-state index in [1.165, 1.54) is 24.3 Å². The van der Waals surface area contributed by atoms with Crippen molar-refractivity contribution in [3.63, 3.8) is 0 Å². The molecule has 0 fully saturated rings. The molecule has 8 heteroatoms. The molecule has 1 atom stereocenters. The molecule has 0 aliphatic heterocycles. The molecule has 6 nitrogen and oxygen atoms in total. The van der Waals surface area contributed by atoms with E-state index in [0.717, 1.165) is 0 Å². The summed E-state index contributed by atoms with van der Waals surface area (Å²) in [6, 6.07) is 5.87. The summed E-state index contributed by atoms with van der Waals surface area (Å²) >= 11 is 0. The van der Waals surface area contributed by atoms with Gasteiger partial charge in [0.1, 0.15) is 0 Å². The minimum absolute atomic E-state index is 0. The van der Waals surface area contributed by atoms with Crippen molar-refractivity contribution in [3.8, 4) is 0 Å². The highest BCUT2D eigenvalue weighted by atomic mass is 35.5. The second-order valence-corrected chi connectivity index (χ2v) is 6.46. The first-order chi connectivity index (χ1) is 9.86. The summed E-state index contributed by atoms with van der Waals surface area (Å²) in [6.45, 7) is 5.88. The quantitative estimate of drug-likeness (QED) is 0.611. The minimum Gasteiger partial charge on any atom is -0.352 e. The van der Waals surface area contributed by atoms with Crippen molar-refractivity contribution in [2.24, 2.45) is 5.73 Å². The second kappa shape index (κ2) is 9.58. The van der Waals surface area contributed by atoms with Crippen molar-refractivity contribution < 1.29 is 13.2 Å². The summed E-state index contributed by atoms with van der Waals surface area (Å²) in [6.07, 6.45) is 2.10. The van der Waals surface area contributed by atoms with Gasteiger partial charge in [-0.05, 0) is 31.5 Å². The number of nitrogens with one attached hydrogen (secondary N) is 2. The van der Waals surface area contributed by atoms with E-state index >= 15 is 0 Å². The van der Waals surface area contributed by atoms with Crippen molar-refractivity contribution in [2.75, 3.05) is 13.1 Å². The maximum atomic E-state index is 12.0. The van der Waals surface area contributed by atoms with Gasteiger partial charge in [0.15, 0.2) is 0 Å². The summed E-state index contributed by atoms with van der Waals surface area (Å²) < 4.78 is 26.3. The van der Waals surface area contributed by atoms with Crippen LogP contribution in [0.3, 0.4) is 0 Å². The fraction of sp³-hybridized carbons (Fsp3) is 0.357. The number of carbonyl (C=O) groups is 1. The highest BCUT2D eigenvalue weighted by molar-refractivity contribution is 7.89. The van der Waals surface area contributed by atoms with Crippen LogP contribution in [0.5, 0.6) is 0 Å². The third kappa shape index (κ3) is 6.57. The van der Waals surface area contributed by atoms with Gasteiger partial charge in [0.05, 0.1) is 4.90 Å². The van der Waals surface area contributed by atoms with Crippen molar-refractivity contribution in [2.45, 2.75) is 24.3 Å². The summed E-state index contributed by atoms with van der Waals surface area (Å²) in [4.78, 5) is 12.0. The molecular formula is C14H22ClN3O3S. The van der Waals surface area contributed by atoms with Gasteiger partial charge < -0.3 is 11.1 Å². The van der Waals surface area contributed by atoms with E-state index in [2.05, 4.69) is 16.6 Å². The zero-order chi connectivity index (χ0) is 15.9. The fourth-order valence-electron chi connectivity index (χ4n) is 1.57. The zero-order valence-electron chi connectivity index (χ0n) is 12.4. The lowest BCUT2D eigenvalue weighted by Gasteiger charge is -2.09. The SMILES string of the molecule is C=CCNS(=O)(=O)c1cccc(C(=O)NCCC(C)N)c1.Cl. The molecule has 1 unspecified atom stereocenters. The number of nitrogens with two attached hydrogens (primary N) is 1. The summed E-state index contributed by atoms with van der Waals surface area (Å²) in [5.41, 5.74) is 5.89. The molecule has 124 valence electrons. The molecule has 0 saturated carbocycles. The molecule has 0 heterocycles. The number of rotatable bonds is 8. The third-order valence-electron chi connectivity index (χ3n) is 2.71. The first kappa shape index (κ1) is 20.6. The Morgan fingerprint density at radius 2 is 2.14 bits per heavy atom. The average Bonchev–Trinajstić information content (AvgIpc) is 2.45. The number of hydrogen-bond donors (Lipinski definition) is 3. The van der Waals surface area contributed by atoms with Crippen LogP contribution >= 0.6 is 12.4 Å². The Kier molecular flexibility index (Phi) is 8.96. The highest BCUT2D eigenvalue weighted by Gasteiger charge is 2.15. The molecule has 0 saturated heterocycles. The Morgan fingerprint density at radius 3 is 2.73 bits per heavy atom. The molecule has 1 aromatic rings. The van der Waals surface area contributed by atoms with Crippen molar-refractivity contribution in [1.82, 2.24) is 10.0 Å². The molecule has 0 aliphatic rings. The number of carbonyl (C=O) groups excluding carboxylic acids is 1. The number of benzene rings is 1. The average molecular weight is 348 g/mol. The Labute approximate surface area is 137 Å². The normalized spacial score (nSPS) is 12.1. The number of sulfonamides is 1. The van der Waals surface area contributed by atoms with Crippen LogP contribution < -0.4 is 15.8 Å². The monoisotopic (exact) mass is 347 g/mol. The van der Waals surface area contributed by atoms with Crippen molar-refractivity contribution in [3.05, 3.63) is 42.5 Å².